The van der Waals surface area contributed by atoms with Crippen LogP contribution in [0.15, 0.2) is 0 Å². The van der Waals surface area contributed by atoms with E-state index in [0.717, 1.165) is 0 Å². The van der Waals surface area contributed by atoms with Gasteiger partial charge in [-0.2, -0.15) is 13.2 Å². The molecule has 4 heteroatoms. The average molecular weight is 100 g/mol. The number of rotatable bonds is 0. The molecule has 0 nitrogen and oxygen atoms in total. The van der Waals surface area contributed by atoms with Crippen molar-refractivity contribution in [1.29, 1.82) is 0 Å². The summed E-state index contributed by atoms with van der Waals surface area (Å²) >= 11 is 0. The molecule has 0 unspecified atom stereocenters. The highest BCUT2D eigenvalue weighted by molar-refractivity contribution is 4.39. The Hall–Kier alpha value is -0.280. The first-order valence-electron chi connectivity index (χ1n) is 1.19. The van der Waals surface area contributed by atoms with Crippen LogP contribution in [0.25, 0.3) is 0 Å². The van der Waals surface area contributed by atoms with E-state index in [9.17, 15) is 17.6 Å². The van der Waals surface area contributed by atoms with Crippen molar-refractivity contribution < 1.29 is 17.6 Å². The third-order valence-electron chi connectivity index (χ3n) is 0.152. The Morgan fingerprint density at radius 3 is 1.67 bits per heavy atom. The molecule has 6 heavy (non-hydrogen) atoms. The zero-order chi connectivity index (χ0) is 5.21. The predicted molar refractivity (Wildman–Crippen MR) is 12.0 cm³/mol. The Balaban J connectivity index is 3.17. The van der Waals surface area contributed by atoms with Crippen LogP contribution >= 0.6 is 0 Å². The van der Waals surface area contributed by atoms with Gasteiger partial charge in [-0.3, -0.25) is 0 Å². The van der Waals surface area contributed by atoms with E-state index in [0.29, 0.717) is 0 Å². The molecule has 0 atom stereocenters. The van der Waals surface area contributed by atoms with Crippen molar-refractivity contribution in [2.45, 2.75) is 6.18 Å². The molecule has 0 fully saturated rings. The van der Waals surface area contributed by atoms with Crippen molar-refractivity contribution in [3.05, 3.63) is 0 Å². The summed E-state index contributed by atoms with van der Waals surface area (Å²) in [5.74, 6) is 0. The molecule has 38 valence electrons. The average Bonchev–Trinajstić information content (AvgIpc) is 1.35. The molecule has 0 heterocycles. The van der Waals surface area contributed by atoms with Crippen LogP contribution < -0.4 is 0 Å². The fraction of sp³-hybridized carbons (Fsp3) is 1.00. The van der Waals surface area contributed by atoms with Crippen LogP contribution in [0.4, 0.5) is 17.6 Å². The monoisotopic (exact) mass is 100 g/mol. The van der Waals surface area contributed by atoms with Gasteiger partial charge in [0.05, 0.1) is 0 Å². The Kier molecular flexibility index (Phi) is 1.38. The predicted octanol–water partition coefficient (Wildman–Crippen LogP) is 1.52. The molecule has 0 aromatic heterocycles. The molecule has 0 amide bonds. The van der Waals surface area contributed by atoms with Crippen molar-refractivity contribution in [3.8, 4) is 0 Å². The lowest BCUT2D eigenvalue weighted by molar-refractivity contribution is -0.142. The van der Waals surface area contributed by atoms with E-state index in [1.54, 1.807) is 0 Å². The standard InChI is InChI=1S/C2H2F4/c3-1-2(4,5)6/h1H2/i4-2. The molecule has 0 rings (SSSR count). The largest absolute Gasteiger partial charge is 0.416 e. The third kappa shape index (κ3) is 3.72. The minimum Gasteiger partial charge on any atom is -0.241 e. The van der Waals surface area contributed by atoms with E-state index in [4.69, 9.17) is 0 Å². The summed E-state index contributed by atoms with van der Waals surface area (Å²) in [4.78, 5) is 0. The number of hydrogen-bond acceptors (Lipinski definition) is 0. The van der Waals surface area contributed by atoms with Crippen molar-refractivity contribution in [3.63, 3.8) is 0 Å². The Morgan fingerprint density at radius 1 is 1.50 bits per heavy atom. The molecule has 0 aliphatic rings. The van der Waals surface area contributed by atoms with Crippen molar-refractivity contribution in [2.75, 3.05) is 6.67 Å². The summed E-state index contributed by atoms with van der Waals surface area (Å²) in [7, 11) is 0. The molecule has 0 aliphatic heterocycles. The summed E-state index contributed by atoms with van der Waals surface area (Å²) in [5.41, 5.74) is 0. The van der Waals surface area contributed by atoms with Crippen LogP contribution in [0.5, 0.6) is 0 Å². The van der Waals surface area contributed by atoms with Gasteiger partial charge >= 0.3 is 6.18 Å². The second-order valence-corrected chi connectivity index (χ2v) is 0.749. The third-order valence-corrected chi connectivity index (χ3v) is 0.152. The van der Waals surface area contributed by atoms with Crippen LogP contribution in [0, 0.1) is 0 Å². The molecule has 0 saturated carbocycles. The van der Waals surface area contributed by atoms with Crippen LogP contribution in [-0.2, 0) is 0 Å². The van der Waals surface area contributed by atoms with Crippen molar-refractivity contribution in [1.82, 2.24) is 0 Å². The second-order valence-electron chi connectivity index (χ2n) is 0.749. The normalized spacial score (nSPS) is 12.0. The quantitative estimate of drug-likeness (QED) is 0.405. The highest BCUT2D eigenvalue weighted by Crippen LogP contribution is 2.13. The maximum absolute atomic E-state index is 10.4. The SMILES string of the molecule is FCC(F)(F)[17F]. The van der Waals surface area contributed by atoms with E-state index < -0.39 is 12.9 Å². The Bertz CT molecular complexity index is 35.3. The lowest BCUT2D eigenvalue weighted by Crippen LogP contribution is -2.08. The van der Waals surface area contributed by atoms with Gasteiger partial charge in [-0.1, -0.05) is 0 Å². The maximum atomic E-state index is 10.4. The van der Waals surface area contributed by atoms with Gasteiger partial charge in [-0.15, -0.1) is 0 Å². The molecule has 0 spiro atoms. The van der Waals surface area contributed by atoms with Gasteiger partial charge in [0.2, 0.25) is 0 Å². The second kappa shape index (κ2) is 1.45. The molecule has 0 aliphatic carbocycles. The van der Waals surface area contributed by atoms with Gasteiger partial charge in [-0.25, -0.2) is 4.39 Å². The van der Waals surface area contributed by atoms with E-state index in [-0.39, 0.29) is 0 Å². The molecule has 0 saturated heterocycles. The Morgan fingerprint density at radius 2 is 1.67 bits per heavy atom. The zero-order valence-corrected chi connectivity index (χ0v) is 2.72. The van der Waals surface area contributed by atoms with E-state index in [1.807, 2.05) is 0 Å². The smallest absolute Gasteiger partial charge is 0.241 e. The number of alkyl halides is 4. The highest BCUT2D eigenvalue weighted by Gasteiger charge is 2.26. The molecule has 0 aromatic rings. The first-order chi connectivity index (χ1) is 2.56. The van der Waals surface area contributed by atoms with Crippen LogP contribution in [0.3, 0.4) is 0 Å². The minimum absolute atomic E-state index is 2.23. The zero-order valence-electron chi connectivity index (χ0n) is 2.72. The van der Waals surface area contributed by atoms with E-state index in [1.165, 1.54) is 0 Å². The van der Waals surface area contributed by atoms with Gasteiger partial charge in [0.1, 0.15) is 0 Å². The van der Waals surface area contributed by atoms with E-state index >= 15 is 0 Å². The lowest BCUT2D eigenvalue weighted by atomic mass is 10.7. The summed E-state index contributed by atoms with van der Waals surface area (Å²) in [5, 5.41) is 0. The summed E-state index contributed by atoms with van der Waals surface area (Å²) < 4.78 is 41.6. The van der Waals surface area contributed by atoms with Crippen LogP contribution in [0.1, 0.15) is 0 Å². The van der Waals surface area contributed by atoms with Crippen molar-refractivity contribution >= 4 is 0 Å². The van der Waals surface area contributed by atoms with Gasteiger partial charge in [0, 0.05) is 0 Å². The van der Waals surface area contributed by atoms with Crippen LogP contribution in [-0.4, -0.2) is 12.9 Å². The fourth-order valence-corrected chi connectivity index (χ4v) is 0. The van der Waals surface area contributed by atoms with Gasteiger partial charge in [0.25, 0.3) is 0 Å². The highest BCUT2D eigenvalue weighted by atomic mass is 19.3. The minimum atomic E-state index is -4.62. The van der Waals surface area contributed by atoms with Gasteiger partial charge in [0.15, 0.2) is 6.67 Å². The van der Waals surface area contributed by atoms with Gasteiger partial charge in [-0.05, 0) is 0 Å². The van der Waals surface area contributed by atoms with Gasteiger partial charge < -0.3 is 0 Å². The molecule has 0 radical (unpaired) electrons. The molecule has 0 bridgehead atoms. The topological polar surface area (TPSA) is 0 Å². The Labute approximate surface area is 31.8 Å². The summed E-state index contributed by atoms with van der Waals surface area (Å²) in [6.07, 6.45) is -4.62. The summed E-state index contributed by atoms with van der Waals surface area (Å²) in [6.45, 7) is -2.23. The molecule has 0 N–H and O–H groups in total. The summed E-state index contributed by atoms with van der Waals surface area (Å²) in [6, 6.07) is 0. The van der Waals surface area contributed by atoms with Crippen LogP contribution in [0.2, 0.25) is 0 Å². The fourth-order valence-electron chi connectivity index (χ4n) is 0. The maximum Gasteiger partial charge on any atom is 0.416 e. The van der Waals surface area contributed by atoms with E-state index in [2.05, 4.69) is 0 Å². The van der Waals surface area contributed by atoms with Crippen molar-refractivity contribution in [2.24, 2.45) is 0 Å². The first-order valence-corrected chi connectivity index (χ1v) is 1.19. The lowest BCUT2D eigenvalue weighted by Gasteiger charge is -1.93. The molecular weight excluding hydrogens is 98.0 g/mol. The first kappa shape index (κ1) is 5.72. The molecule has 0 aromatic carbocycles. The number of halogens is 4. The number of hydrogen-bond donors (Lipinski definition) is 0. The molecular formula is C2H2F4.